The summed E-state index contributed by atoms with van der Waals surface area (Å²) in [6.45, 7) is 10.4. The molecule has 0 aliphatic carbocycles. The van der Waals surface area contributed by atoms with Gasteiger partial charge >= 0.3 is 0 Å². The van der Waals surface area contributed by atoms with Gasteiger partial charge in [-0.15, -0.1) is 11.3 Å². The Morgan fingerprint density at radius 3 is 3.00 bits per heavy atom. The third kappa shape index (κ3) is 3.30. The molecular weight excluding hydrogens is 228 g/mol. The van der Waals surface area contributed by atoms with E-state index in [9.17, 15) is 0 Å². The summed E-state index contributed by atoms with van der Waals surface area (Å²) in [4.78, 5) is 4.18. The quantitative estimate of drug-likeness (QED) is 0.888. The van der Waals surface area contributed by atoms with E-state index in [0.717, 1.165) is 13.1 Å². The van der Waals surface area contributed by atoms with Crippen LogP contribution in [0.3, 0.4) is 0 Å². The molecule has 2 heterocycles. The van der Waals surface area contributed by atoms with Crippen LogP contribution >= 0.6 is 11.3 Å². The molecule has 0 radical (unpaired) electrons. The average molecular weight is 252 g/mol. The first kappa shape index (κ1) is 13.1. The summed E-state index contributed by atoms with van der Waals surface area (Å²) >= 11 is 1.89. The van der Waals surface area contributed by atoms with E-state index in [0.29, 0.717) is 6.04 Å². The summed E-state index contributed by atoms with van der Waals surface area (Å²) in [5, 5.41) is 5.83. The number of thiophene rings is 1. The van der Waals surface area contributed by atoms with Gasteiger partial charge in [-0.25, -0.2) is 0 Å². The van der Waals surface area contributed by atoms with Crippen LogP contribution in [-0.2, 0) is 0 Å². The van der Waals surface area contributed by atoms with Crippen molar-refractivity contribution in [2.75, 3.05) is 19.6 Å². The van der Waals surface area contributed by atoms with Crippen LogP contribution in [0.25, 0.3) is 0 Å². The minimum absolute atomic E-state index is 0.237. The Bertz CT molecular complexity index is 332. The molecule has 0 spiro atoms. The Hall–Kier alpha value is -0.380. The van der Waals surface area contributed by atoms with Crippen LogP contribution in [0, 0.1) is 0 Å². The Morgan fingerprint density at radius 2 is 2.35 bits per heavy atom. The molecule has 1 unspecified atom stereocenters. The van der Waals surface area contributed by atoms with Gasteiger partial charge in [-0.1, -0.05) is 13.0 Å². The van der Waals surface area contributed by atoms with Crippen molar-refractivity contribution < 1.29 is 0 Å². The van der Waals surface area contributed by atoms with Crippen LogP contribution in [0.15, 0.2) is 17.5 Å². The van der Waals surface area contributed by atoms with Gasteiger partial charge in [0.05, 0.1) is 0 Å². The zero-order valence-electron chi connectivity index (χ0n) is 11.2. The fourth-order valence-corrected chi connectivity index (χ4v) is 3.68. The van der Waals surface area contributed by atoms with E-state index < -0.39 is 0 Å². The van der Waals surface area contributed by atoms with Gasteiger partial charge in [0.15, 0.2) is 0 Å². The number of nitrogens with zero attached hydrogens (tertiary/aromatic N) is 1. The number of rotatable bonds is 3. The second-order valence-electron chi connectivity index (χ2n) is 5.57. The number of hydrogen-bond donors (Lipinski definition) is 1. The molecule has 1 aliphatic heterocycles. The molecular formula is C14H24N2S. The van der Waals surface area contributed by atoms with E-state index in [1.165, 1.54) is 24.3 Å². The largest absolute Gasteiger partial charge is 0.310 e. The first-order valence-electron chi connectivity index (χ1n) is 6.65. The van der Waals surface area contributed by atoms with Crippen molar-refractivity contribution in [1.82, 2.24) is 10.2 Å². The maximum absolute atomic E-state index is 3.64. The molecule has 1 aromatic rings. The van der Waals surface area contributed by atoms with E-state index in [1.54, 1.807) is 0 Å². The van der Waals surface area contributed by atoms with Gasteiger partial charge in [0.2, 0.25) is 0 Å². The molecule has 0 aromatic carbocycles. The number of hydrogen-bond acceptors (Lipinski definition) is 3. The second kappa shape index (κ2) is 5.51. The van der Waals surface area contributed by atoms with Crippen molar-refractivity contribution in [1.29, 1.82) is 0 Å². The van der Waals surface area contributed by atoms with Gasteiger partial charge in [0, 0.05) is 29.5 Å². The van der Waals surface area contributed by atoms with Crippen molar-refractivity contribution in [2.45, 2.75) is 45.2 Å². The third-order valence-corrected chi connectivity index (χ3v) is 4.50. The normalized spacial score (nSPS) is 23.2. The molecule has 17 heavy (non-hydrogen) atoms. The first-order valence-corrected chi connectivity index (χ1v) is 7.53. The molecule has 1 aliphatic rings. The lowest BCUT2D eigenvalue weighted by Crippen LogP contribution is -2.47. The lowest BCUT2D eigenvalue weighted by atomic mass is 10.0. The molecule has 0 saturated carbocycles. The van der Waals surface area contributed by atoms with Gasteiger partial charge in [-0.2, -0.15) is 0 Å². The average Bonchev–Trinajstić information content (AvgIpc) is 2.72. The first-order chi connectivity index (χ1) is 8.12. The van der Waals surface area contributed by atoms with Gasteiger partial charge in [-0.05, 0) is 44.7 Å². The minimum atomic E-state index is 0.237. The smallest absolute Gasteiger partial charge is 0.0439 e. The second-order valence-corrected chi connectivity index (χ2v) is 6.55. The molecule has 1 atom stereocenters. The van der Waals surface area contributed by atoms with E-state index in [2.05, 4.69) is 48.5 Å². The van der Waals surface area contributed by atoms with Gasteiger partial charge in [0.1, 0.15) is 0 Å². The molecule has 1 fully saturated rings. The molecule has 1 saturated heterocycles. The van der Waals surface area contributed by atoms with Crippen molar-refractivity contribution in [3.8, 4) is 0 Å². The highest BCUT2D eigenvalue weighted by Crippen LogP contribution is 2.30. The van der Waals surface area contributed by atoms with Gasteiger partial charge in [0.25, 0.3) is 0 Å². The summed E-state index contributed by atoms with van der Waals surface area (Å²) < 4.78 is 0. The Kier molecular flexibility index (Phi) is 4.23. The summed E-state index contributed by atoms with van der Waals surface area (Å²) in [5.74, 6) is 0. The fourth-order valence-electron chi connectivity index (χ4n) is 2.74. The Labute approximate surface area is 109 Å². The molecule has 2 nitrogen and oxygen atoms in total. The monoisotopic (exact) mass is 252 g/mol. The summed E-state index contributed by atoms with van der Waals surface area (Å²) in [6, 6.07) is 5.06. The molecule has 1 aromatic heterocycles. The lowest BCUT2D eigenvalue weighted by molar-refractivity contribution is 0.167. The maximum Gasteiger partial charge on any atom is 0.0439 e. The summed E-state index contributed by atoms with van der Waals surface area (Å²) in [7, 11) is 0. The molecule has 2 rings (SSSR count). The molecule has 0 bridgehead atoms. The zero-order chi connectivity index (χ0) is 12.3. The SMILES string of the molecule is CCC(c1cccs1)N1CCCNC(C)(C)C1. The zero-order valence-corrected chi connectivity index (χ0v) is 12.0. The number of nitrogens with one attached hydrogen (secondary N) is 1. The third-order valence-electron chi connectivity index (χ3n) is 3.52. The van der Waals surface area contributed by atoms with Crippen LogP contribution in [0.1, 0.15) is 44.5 Å². The highest BCUT2D eigenvalue weighted by molar-refractivity contribution is 7.10. The fraction of sp³-hybridized carbons (Fsp3) is 0.714. The Balaban J connectivity index is 2.13. The van der Waals surface area contributed by atoms with Crippen molar-refractivity contribution in [2.24, 2.45) is 0 Å². The van der Waals surface area contributed by atoms with Crippen molar-refractivity contribution in [3.63, 3.8) is 0 Å². The van der Waals surface area contributed by atoms with Crippen LogP contribution < -0.4 is 5.32 Å². The highest BCUT2D eigenvalue weighted by Gasteiger charge is 2.28. The van der Waals surface area contributed by atoms with Gasteiger partial charge in [-0.3, -0.25) is 4.90 Å². The van der Waals surface area contributed by atoms with Gasteiger partial charge < -0.3 is 5.32 Å². The van der Waals surface area contributed by atoms with Crippen LogP contribution in [-0.4, -0.2) is 30.1 Å². The topological polar surface area (TPSA) is 15.3 Å². The van der Waals surface area contributed by atoms with E-state index in [1.807, 2.05) is 11.3 Å². The minimum Gasteiger partial charge on any atom is -0.310 e. The molecule has 96 valence electrons. The maximum atomic E-state index is 3.64. The van der Waals surface area contributed by atoms with E-state index in [4.69, 9.17) is 0 Å². The molecule has 3 heteroatoms. The van der Waals surface area contributed by atoms with Crippen molar-refractivity contribution >= 4 is 11.3 Å². The van der Waals surface area contributed by atoms with Crippen LogP contribution in [0.5, 0.6) is 0 Å². The van der Waals surface area contributed by atoms with E-state index >= 15 is 0 Å². The summed E-state index contributed by atoms with van der Waals surface area (Å²) in [6.07, 6.45) is 2.46. The lowest BCUT2D eigenvalue weighted by Gasteiger charge is -2.35. The Morgan fingerprint density at radius 1 is 1.53 bits per heavy atom. The van der Waals surface area contributed by atoms with Crippen LogP contribution in [0.4, 0.5) is 0 Å². The predicted molar refractivity (Wildman–Crippen MR) is 75.6 cm³/mol. The molecule has 0 amide bonds. The highest BCUT2D eigenvalue weighted by atomic mass is 32.1. The van der Waals surface area contributed by atoms with Crippen molar-refractivity contribution in [3.05, 3.63) is 22.4 Å². The summed E-state index contributed by atoms with van der Waals surface area (Å²) in [5.41, 5.74) is 0.237. The molecule has 1 N–H and O–H groups in total. The standard InChI is InChI=1S/C14H24N2S/c1-4-12(13-7-5-10-17-13)16-9-6-8-15-14(2,3)11-16/h5,7,10,12,15H,4,6,8-9,11H2,1-3H3. The van der Waals surface area contributed by atoms with Crippen LogP contribution in [0.2, 0.25) is 0 Å². The predicted octanol–water partition coefficient (Wildman–Crippen LogP) is 3.27. The van der Waals surface area contributed by atoms with E-state index in [-0.39, 0.29) is 5.54 Å².